The van der Waals surface area contributed by atoms with Gasteiger partial charge in [-0.3, -0.25) is 0 Å². The van der Waals surface area contributed by atoms with Crippen LogP contribution in [0, 0.1) is 13.8 Å². The van der Waals surface area contributed by atoms with Crippen LogP contribution in [-0.4, -0.2) is 22.3 Å². The molecule has 0 bridgehead atoms. The van der Waals surface area contributed by atoms with E-state index in [1.165, 1.54) is 0 Å². The molecule has 13 heavy (non-hydrogen) atoms. The molecular formula is C7H15Cl2N3S. The van der Waals surface area contributed by atoms with Crippen molar-refractivity contribution in [1.29, 1.82) is 0 Å². The average Bonchev–Trinajstić information content (AvgIpc) is 2.26. The lowest BCUT2D eigenvalue weighted by Gasteiger charge is -1.94. The summed E-state index contributed by atoms with van der Waals surface area (Å²) in [7, 11) is 0. The Kier molecular flexibility index (Phi) is 8.98. The van der Waals surface area contributed by atoms with Crippen LogP contribution < -0.4 is 5.73 Å². The van der Waals surface area contributed by atoms with Gasteiger partial charge in [0.1, 0.15) is 5.82 Å². The third kappa shape index (κ3) is 4.76. The Morgan fingerprint density at radius 2 is 2.00 bits per heavy atom. The molecule has 3 N–H and O–H groups in total. The number of hydrogen-bond donors (Lipinski definition) is 2. The molecule has 0 radical (unpaired) electrons. The predicted octanol–water partition coefficient (Wildman–Crippen LogP) is 1.92. The highest BCUT2D eigenvalue weighted by atomic mass is 35.5. The first-order valence-corrected chi connectivity index (χ1v) is 4.58. The van der Waals surface area contributed by atoms with Crippen LogP contribution in [0.1, 0.15) is 11.5 Å². The first kappa shape index (κ1) is 15.6. The number of aromatic amines is 1. The van der Waals surface area contributed by atoms with Crippen molar-refractivity contribution in [1.82, 2.24) is 9.97 Å². The number of thioether (sulfide) groups is 1. The van der Waals surface area contributed by atoms with Crippen molar-refractivity contribution in [2.24, 2.45) is 5.73 Å². The lowest BCUT2D eigenvalue weighted by molar-refractivity contribution is 1.09. The molecule has 1 heterocycles. The zero-order valence-electron chi connectivity index (χ0n) is 7.66. The first-order chi connectivity index (χ1) is 5.24. The highest BCUT2D eigenvalue weighted by Crippen LogP contribution is 2.18. The fourth-order valence-corrected chi connectivity index (χ4v) is 1.68. The fraction of sp³-hybridized carbons (Fsp3) is 0.571. The molecule has 0 saturated carbocycles. The Balaban J connectivity index is 0. The molecule has 1 rings (SSSR count). The zero-order valence-corrected chi connectivity index (χ0v) is 10.1. The molecule has 0 aliphatic heterocycles. The number of halogens is 2. The Morgan fingerprint density at radius 1 is 1.38 bits per heavy atom. The van der Waals surface area contributed by atoms with Crippen molar-refractivity contribution in [3.63, 3.8) is 0 Å². The van der Waals surface area contributed by atoms with Crippen LogP contribution in [0.5, 0.6) is 0 Å². The molecule has 3 nitrogen and oxygen atoms in total. The summed E-state index contributed by atoms with van der Waals surface area (Å²) in [6, 6.07) is 0. The van der Waals surface area contributed by atoms with Crippen LogP contribution in [0.3, 0.4) is 0 Å². The van der Waals surface area contributed by atoms with Crippen LogP contribution in [0.4, 0.5) is 0 Å². The summed E-state index contributed by atoms with van der Waals surface area (Å²) in [5.41, 5.74) is 6.45. The number of nitrogens with one attached hydrogen (secondary N) is 1. The van der Waals surface area contributed by atoms with Gasteiger partial charge in [0.25, 0.3) is 0 Å². The number of aryl methyl sites for hydroxylation is 2. The molecular weight excluding hydrogens is 229 g/mol. The van der Waals surface area contributed by atoms with Crippen molar-refractivity contribution in [3.05, 3.63) is 11.5 Å². The molecule has 6 heteroatoms. The van der Waals surface area contributed by atoms with Gasteiger partial charge >= 0.3 is 0 Å². The molecule has 1 aromatic rings. The van der Waals surface area contributed by atoms with Gasteiger partial charge in [-0.25, -0.2) is 4.98 Å². The van der Waals surface area contributed by atoms with E-state index >= 15 is 0 Å². The van der Waals surface area contributed by atoms with Gasteiger partial charge in [0.2, 0.25) is 0 Å². The zero-order chi connectivity index (χ0) is 8.27. The van der Waals surface area contributed by atoms with Crippen LogP contribution >= 0.6 is 36.6 Å². The molecule has 0 unspecified atom stereocenters. The quantitative estimate of drug-likeness (QED) is 0.799. The smallest absolute Gasteiger partial charge is 0.104 e. The minimum Gasteiger partial charge on any atom is -0.337 e. The number of imidazole rings is 1. The summed E-state index contributed by atoms with van der Waals surface area (Å²) < 4.78 is 0. The van der Waals surface area contributed by atoms with Crippen LogP contribution in [-0.2, 0) is 0 Å². The highest BCUT2D eigenvalue weighted by molar-refractivity contribution is 7.99. The molecule has 0 atom stereocenters. The van der Waals surface area contributed by atoms with E-state index in [4.69, 9.17) is 5.73 Å². The van der Waals surface area contributed by atoms with Crippen molar-refractivity contribution in [3.8, 4) is 0 Å². The molecule has 0 fully saturated rings. The molecule has 78 valence electrons. The number of hydrogen-bond acceptors (Lipinski definition) is 3. The maximum absolute atomic E-state index is 5.38. The average molecular weight is 244 g/mol. The Bertz CT molecular complexity index is 240. The van der Waals surface area contributed by atoms with Gasteiger partial charge in [-0.05, 0) is 13.8 Å². The lowest BCUT2D eigenvalue weighted by Crippen LogP contribution is -2.01. The summed E-state index contributed by atoms with van der Waals surface area (Å²) >= 11 is 1.72. The summed E-state index contributed by atoms with van der Waals surface area (Å²) in [6.45, 7) is 4.67. The highest BCUT2D eigenvalue weighted by Gasteiger charge is 2.02. The predicted molar refractivity (Wildman–Crippen MR) is 62.3 cm³/mol. The summed E-state index contributed by atoms with van der Waals surface area (Å²) in [4.78, 5) is 7.42. The van der Waals surface area contributed by atoms with E-state index in [0.717, 1.165) is 22.3 Å². The third-order valence-corrected chi connectivity index (χ3v) is 2.45. The van der Waals surface area contributed by atoms with Gasteiger partial charge in [0, 0.05) is 12.3 Å². The number of nitrogens with zero attached hydrogens (tertiary/aromatic N) is 1. The number of nitrogens with two attached hydrogens (primary N) is 1. The summed E-state index contributed by atoms with van der Waals surface area (Å²) in [5.74, 6) is 1.92. The van der Waals surface area contributed by atoms with Crippen molar-refractivity contribution in [2.45, 2.75) is 18.9 Å². The fourth-order valence-electron chi connectivity index (χ4n) is 0.887. The van der Waals surface area contributed by atoms with E-state index in [1.807, 2.05) is 13.8 Å². The third-order valence-electron chi connectivity index (χ3n) is 1.32. The van der Waals surface area contributed by atoms with Crippen LogP contribution in [0.25, 0.3) is 0 Å². The maximum atomic E-state index is 5.38. The van der Waals surface area contributed by atoms with Gasteiger partial charge < -0.3 is 10.7 Å². The lowest BCUT2D eigenvalue weighted by atomic mass is 10.6. The molecule has 0 aliphatic rings. The topological polar surface area (TPSA) is 54.7 Å². The normalized spacial score (nSPS) is 8.85. The van der Waals surface area contributed by atoms with Crippen molar-refractivity contribution in [2.75, 3.05) is 12.3 Å². The molecule has 0 amide bonds. The number of rotatable bonds is 3. The van der Waals surface area contributed by atoms with Gasteiger partial charge in [-0.2, -0.15) is 0 Å². The Labute approximate surface area is 95.1 Å². The van der Waals surface area contributed by atoms with Crippen molar-refractivity contribution < 1.29 is 0 Å². The standard InChI is InChI=1S/C7H13N3S.2ClH/c1-5-7(11-4-3-8)10-6(2)9-5;;/h3-4,8H2,1-2H3,(H,9,10);2*1H. The number of H-pyrrole nitrogens is 1. The molecule has 0 aliphatic carbocycles. The van der Waals surface area contributed by atoms with Gasteiger partial charge in [0.05, 0.1) is 10.7 Å². The SMILES string of the molecule is Cc1nc(C)c(SCCN)[nH]1.Cl.Cl. The molecule has 1 aromatic heterocycles. The Morgan fingerprint density at radius 3 is 2.38 bits per heavy atom. The minimum atomic E-state index is 0. The van der Waals surface area contributed by atoms with Gasteiger partial charge in [-0.15, -0.1) is 36.6 Å². The van der Waals surface area contributed by atoms with E-state index in [-0.39, 0.29) is 24.8 Å². The second-order valence-corrected chi connectivity index (χ2v) is 3.48. The van der Waals surface area contributed by atoms with E-state index in [1.54, 1.807) is 11.8 Å². The van der Waals surface area contributed by atoms with Gasteiger partial charge in [-0.1, -0.05) is 0 Å². The second kappa shape index (κ2) is 7.50. The molecule has 0 saturated heterocycles. The van der Waals surface area contributed by atoms with E-state index in [2.05, 4.69) is 9.97 Å². The Hall–Kier alpha value is 0.1000. The van der Waals surface area contributed by atoms with Gasteiger partial charge in [0.15, 0.2) is 0 Å². The monoisotopic (exact) mass is 243 g/mol. The largest absolute Gasteiger partial charge is 0.337 e. The number of aromatic nitrogens is 2. The first-order valence-electron chi connectivity index (χ1n) is 3.60. The van der Waals surface area contributed by atoms with Crippen LogP contribution in [0.15, 0.2) is 5.03 Å². The summed E-state index contributed by atoms with van der Waals surface area (Å²) in [5, 5.41) is 1.15. The van der Waals surface area contributed by atoms with E-state index < -0.39 is 0 Å². The second-order valence-electron chi connectivity index (χ2n) is 2.37. The minimum absolute atomic E-state index is 0. The van der Waals surface area contributed by atoms with E-state index in [9.17, 15) is 0 Å². The molecule has 0 spiro atoms. The van der Waals surface area contributed by atoms with Crippen molar-refractivity contribution >= 4 is 36.6 Å². The molecule has 0 aromatic carbocycles. The van der Waals surface area contributed by atoms with E-state index in [0.29, 0.717) is 6.54 Å². The summed E-state index contributed by atoms with van der Waals surface area (Å²) in [6.07, 6.45) is 0. The van der Waals surface area contributed by atoms with Crippen LogP contribution in [0.2, 0.25) is 0 Å². The maximum Gasteiger partial charge on any atom is 0.104 e.